The molecule has 1 aromatic heterocycles. The Labute approximate surface area is 114 Å². The molecule has 0 aliphatic carbocycles. The Morgan fingerprint density at radius 1 is 0.947 bits per heavy atom. The summed E-state index contributed by atoms with van der Waals surface area (Å²) in [5.74, 6) is 0.636. The summed E-state index contributed by atoms with van der Waals surface area (Å²) in [6.45, 7) is 2.24. The van der Waals surface area contributed by atoms with Crippen LogP contribution in [-0.2, 0) is 6.42 Å². The van der Waals surface area contributed by atoms with E-state index in [1.54, 1.807) is 0 Å². The van der Waals surface area contributed by atoms with Crippen molar-refractivity contribution in [3.05, 3.63) is 65.5 Å². The van der Waals surface area contributed by atoms with Gasteiger partial charge < -0.3 is 5.32 Å². The average molecular weight is 252 g/mol. The van der Waals surface area contributed by atoms with E-state index in [2.05, 4.69) is 53.8 Å². The topological polar surface area (TPSA) is 24.9 Å². The molecule has 0 saturated carbocycles. The Morgan fingerprint density at radius 2 is 1.74 bits per heavy atom. The maximum absolute atomic E-state index is 4.86. The van der Waals surface area contributed by atoms with E-state index in [1.165, 1.54) is 29.8 Å². The third-order valence-corrected chi connectivity index (χ3v) is 3.81. The Balaban J connectivity index is 1.76. The Morgan fingerprint density at radius 3 is 2.53 bits per heavy atom. The van der Waals surface area contributed by atoms with Crippen molar-refractivity contribution in [1.29, 1.82) is 0 Å². The first-order valence-electron chi connectivity index (χ1n) is 7.12. The lowest BCUT2D eigenvalue weighted by Gasteiger charge is -2.22. The molecular formula is C17H20N2. The fraction of sp³-hybridized carbons (Fsp3) is 0.353. The summed E-state index contributed by atoms with van der Waals surface area (Å²) in [6, 6.07) is 17.0. The van der Waals surface area contributed by atoms with Crippen LogP contribution in [0.2, 0.25) is 0 Å². The first kappa shape index (κ1) is 12.4. The van der Waals surface area contributed by atoms with Crippen LogP contribution in [0, 0.1) is 0 Å². The molecule has 1 aliphatic rings. The van der Waals surface area contributed by atoms with Gasteiger partial charge in [-0.05, 0) is 43.6 Å². The summed E-state index contributed by atoms with van der Waals surface area (Å²) < 4.78 is 0. The third kappa shape index (κ3) is 3.21. The molecule has 19 heavy (non-hydrogen) atoms. The first-order valence-corrected chi connectivity index (χ1v) is 7.12. The minimum Gasteiger partial charge on any atom is -0.317 e. The Hall–Kier alpha value is -1.67. The molecule has 2 aromatic rings. The lowest BCUT2D eigenvalue weighted by atomic mass is 9.94. The summed E-state index contributed by atoms with van der Waals surface area (Å²) in [7, 11) is 0. The molecule has 2 nitrogen and oxygen atoms in total. The van der Waals surface area contributed by atoms with Crippen molar-refractivity contribution in [3.63, 3.8) is 0 Å². The van der Waals surface area contributed by atoms with Gasteiger partial charge in [-0.25, -0.2) is 0 Å². The molecule has 0 unspecified atom stereocenters. The van der Waals surface area contributed by atoms with E-state index in [0.29, 0.717) is 5.92 Å². The van der Waals surface area contributed by atoms with Gasteiger partial charge in [-0.1, -0.05) is 36.4 Å². The van der Waals surface area contributed by atoms with E-state index in [-0.39, 0.29) is 0 Å². The minimum atomic E-state index is 0.636. The van der Waals surface area contributed by atoms with Gasteiger partial charge in [0.2, 0.25) is 0 Å². The SMILES string of the molecule is c1ccc(Cc2cccc(C3CCNCC3)n2)cc1. The van der Waals surface area contributed by atoms with E-state index in [1.807, 2.05) is 0 Å². The van der Waals surface area contributed by atoms with Gasteiger partial charge in [-0.2, -0.15) is 0 Å². The number of pyridine rings is 1. The molecule has 98 valence electrons. The molecule has 1 saturated heterocycles. The summed E-state index contributed by atoms with van der Waals surface area (Å²) in [5.41, 5.74) is 3.79. The highest BCUT2D eigenvalue weighted by atomic mass is 14.9. The number of aromatic nitrogens is 1. The smallest absolute Gasteiger partial charge is 0.0450 e. The molecule has 2 heteroatoms. The molecule has 1 aliphatic heterocycles. The molecule has 1 N–H and O–H groups in total. The Bertz CT molecular complexity index is 516. The van der Waals surface area contributed by atoms with Crippen molar-refractivity contribution >= 4 is 0 Å². The molecule has 2 heterocycles. The zero-order chi connectivity index (χ0) is 12.9. The Kier molecular flexibility index (Phi) is 3.89. The van der Waals surface area contributed by atoms with Gasteiger partial charge >= 0.3 is 0 Å². The highest BCUT2D eigenvalue weighted by Gasteiger charge is 2.16. The number of benzene rings is 1. The van der Waals surface area contributed by atoms with E-state index in [0.717, 1.165) is 19.5 Å². The normalized spacial score (nSPS) is 16.4. The van der Waals surface area contributed by atoms with Crippen LogP contribution in [-0.4, -0.2) is 18.1 Å². The lowest BCUT2D eigenvalue weighted by Crippen LogP contribution is -2.27. The lowest BCUT2D eigenvalue weighted by molar-refractivity contribution is 0.452. The fourth-order valence-electron chi connectivity index (χ4n) is 2.75. The van der Waals surface area contributed by atoms with Crippen LogP contribution in [0.1, 0.15) is 35.7 Å². The van der Waals surface area contributed by atoms with Gasteiger partial charge in [0.05, 0.1) is 0 Å². The maximum atomic E-state index is 4.86. The number of nitrogens with one attached hydrogen (secondary N) is 1. The summed E-state index contributed by atoms with van der Waals surface area (Å²) in [5, 5.41) is 3.41. The second-order valence-corrected chi connectivity index (χ2v) is 5.24. The average Bonchev–Trinajstić information content (AvgIpc) is 2.49. The maximum Gasteiger partial charge on any atom is 0.0450 e. The van der Waals surface area contributed by atoms with E-state index in [9.17, 15) is 0 Å². The molecule has 0 bridgehead atoms. The van der Waals surface area contributed by atoms with Crippen molar-refractivity contribution in [3.8, 4) is 0 Å². The van der Waals surface area contributed by atoms with Crippen LogP contribution >= 0.6 is 0 Å². The molecule has 3 rings (SSSR count). The number of piperidine rings is 1. The van der Waals surface area contributed by atoms with Crippen LogP contribution in [0.25, 0.3) is 0 Å². The predicted octanol–water partition coefficient (Wildman–Crippen LogP) is 3.14. The van der Waals surface area contributed by atoms with Gasteiger partial charge in [-0.15, -0.1) is 0 Å². The summed E-state index contributed by atoms with van der Waals surface area (Å²) in [4.78, 5) is 4.86. The zero-order valence-electron chi connectivity index (χ0n) is 11.2. The van der Waals surface area contributed by atoms with E-state index in [4.69, 9.17) is 4.98 Å². The van der Waals surface area contributed by atoms with Crippen molar-refractivity contribution in [2.24, 2.45) is 0 Å². The quantitative estimate of drug-likeness (QED) is 0.907. The van der Waals surface area contributed by atoms with Crippen LogP contribution in [0.4, 0.5) is 0 Å². The van der Waals surface area contributed by atoms with E-state index >= 15 is 0 Å². The summed E-state index contributed by atoms with van der Waals surface area (Å²) >= 11 is 0. The molecule has 0 atom stereocenters. The van der Waals surface area contributed by atoms with Gasteiger partial charge in [0.1, 0.15) is 0 Å². The van der Waals surface area contributed by atoms with Crippen LogP contribution in [0.15, 0.2) is 48.5 Å². The van der Waals surface area contributed by atoms with Crippen molar-refractivity contribution in [1.82, 2.24) is 10.3 Å². The number of hydrogen-bond donors (Lipinski definition) is 1. The fourth-order valence-corrected chi connectivity index (χ4v) is 2.75. The number of hydrogen-bond acceptors (Lipinski definition) is 2. The van der Waals surface area contributed by atoms with Gasteiger partial charge in [0.25, 0.3) is 0 Å². The van der Waals surface area contributed by atoms with Crippen LogP contribution in [0.5, 0.6) is 0 Å². The van der Waals surface area contributed by atoms with Gasteiger partial charge in [0, 0.05) is 23.7 Å². The largest absolute Gasteiger partial charge is 0.317 e. The highest BCUT2D eigenvalue weighted by Crippen LogP contribution is 2.23. The van der Waals surface area contributed by atoms with Crippen LogP contribution in [0.3, 0.4) is 0 Å². The monoisotopic (exact) mass is 252 g/mol. The molecule has 1 fully saturated rings. The first-order chi connectivity index (χ1) is 9.42. The molecule has 1 aromatic carbocycles. The number of rotatable bonds is 3. The van der Waals surface area contributed by atoms with E-state index < -0.39 is 0 Å². The zero-order valence-corrected chi connectivity index (χ0v) is 11.2. The van der Waals surface area contributed by atoms with Crippen molar-refractivity contribution in [2.75, 3.05) is 13.1 Å². The standard InChI is InChI=1S/C17H20N2/c1-2-5-14(6-3-1)13-16-7-4-8-17(19-16)15-9-11-18-12-10-15/h1-8,15,18H,9-13H2. The van der Waals surface area contributed by atoms with Crippen LogP contribution < -0.4 is 5.32 Å². The summed E-state index contributed by atoms with van der Waals surface area (Å²) in [6.07, 6.45) is 3.35. The molecule has 0 radical (unpaired) electrons. The molecular weight excluding hydrogens is 232 g/mol. The van der Waals surface area contributed by atoms with Crippen molar-refractivity contribution in [2.45, 2.75) is 25.2 Å². The minimum absolute atomic E-state index is 0.636. The predicted molar refractivity (Wildman–Crippen MR) is 78.3 cm³/mol. The highest BCUT2D eigenvalue weighted by molar-refractivity contribution is 5.23. The van der Waals surface area contributed by atoms with Gasteiger partial charge in [-0.3, -0.25) is 4.98 Å². The number of nitrogens with zero attached hydrogens (tertiary/aromatic N) is 1. The third-order valence-electron chi connectivity index (χ3n) is 3.81. The molecule has 0 spiro atoms. The second kappa shape index (κ2) is 5.98. The van der Waals surface area contributed by atoms with Crippen molar-refractivity contribution < 1.29 is 0 Å². The second-order valence-electron chi connectivity index (χ2n) is 5.24. The van der Waals surface area contributed by atoms with Gasteiger partial charge in [0.15, 0.2) is 0 Å². The molecule has 0 amide bonds.